The number of non-ortho nitro benzene ring substituents is 1. The van der Waals surface area contributed by atoms with Gasteiger partial charge in [0.25, 0.3) is 5.69 Å². The van der Waals surface area contributed by atoms with Crippen molar-refractivity contribution in [3.63, 3.8) is 0 Å². The number of aliphatic carboxylic acids is 1. The number of thiophene rings is 1. The van der Waals surface area contributed by atoms with E-state index in [9.17, 15) is 32.5 Å². The van der Waals surface area contributed by atoms with Crippen LogP contribution in [0, 0.1) is 15.9 Å². The van der Waals surface area contributed by atoms with Crippen LogP contribution < -0.4 is 10.1 Å². The minimum Gasteiger partial charge on any atom is -0.479 e. The molecule has 45 heavy (non-hydrogen) atoms. The van der Waals surface area contributed by atoms with E-state index in [-0.39, 0.29) is 51.9 Å². The highest BCUT2D eigenvalue weighted by atomic mass is 35.5. The van der Waals surface area contributed by atoms with Crippen LogP contribution in [0.25, 0.3) is 10.4 Å². The molecule has 0 amide bonds. The van der Waals surface area contributed by atoms with Gasteiger partial charge in [-0.1, -0.05) is 29.8 Å². The molecule has 0 aliphatic carbocycles. The van der Waals surface area contributed by atoms with Crippen molar-refractivity contribution in [2.45, 2.75) is 51.0 Å². The van der Waals surface area contributed by atoms with Gasteiger partial charge in [0.15, 0.2) is 17.2 Å². The minimum atomic E-state index is -3.75. The van der Waals surface area contributed by atoms with Crippen molar-refractivity contribution in [3.8, 4) is 16.2 Å². The van der Waals surface area contributed by atoms with Gasteiger partial charge in [-0.3, -0.25) is 10.1 Å². The summed E-state index contributed by atoms with van der Waals surface area (Å²) in [5.41, 5.74) is -0.171. The Labute approximate surface area is 267 Å². The molecule has 0 spiro atoms. The second kappa shape index (κ2) is 13.7. The summed E-state index contributed by atoms with van der Waals surface area (Å²) in [4.78, 5) is 34.8. The molecule has 0 atom stereocenters. The number of esters is 1. The van der Waals surface area contributed by atoms with Gasteiger partial charge in [-0.2, -0.15) is 0 Å². The summed E-state index contributed by atoms with van der Waals surface area (Å²) in [6.45, 7) is 4.60. The van der Waals surface area contributed by atoms with E-state index in [0.29, 0.717) is 28.8 Å². The lowest BCUT2D eigenvalue weighted by molar-refractivity contribution is -0.384. The van der Waals surface area contributed by atoms with Crippen LogP contribution in [0.3, 0.4) is 0 Å². The Kier molecular flexibility index (Phi) is 10.4. The number of carbonyl (C=O) groups is 2. The Hall–Kier alpha value is -3.79. The normalized spacial score (nSPS) is 14.6. The summed E-state index contributed by atoms with van der Waals surface area (Å²) in [7, 11) is -3.75. The van der Waals surface area contributed by atoms with E-state index >= 15 is 0 Å². The van der Waals surface area contributed by atoms with Crippen molar-refractivity contribution >= 4 is 56.3 Å². The van der Waals surface area contributed by atoms with Crippen LogP contribution in [-0.4, -0.2) is 66.0 Å². The molecule has 242 valence electrons. The predicted molar refractivity (Wildman–Crippen MR) is 167 cm³/mol. The Morgan fingerprint density at radius 1 is 1.20 bits per heavy atom. The predicted octanol–water partition coefficient (Wildman–Crippen LogP) is 5.94. The molecular formula is C29H31ClFN3O9S2. The molecule has 3 aromatic rings. The number of carboxylic acid groups (broad SMARTS) is 1. The number of hydrogen-bond acceptors (Lipinski definition) is 10. The highest BCUT2D eigenvalue weighted by Crippen LogP contribution is 2.46. The number of anilines is 1. The fourth-order valence-corrected chi connectivity index (χ4v) is 7.63. The molecule has 2 heterocycles. The third-order valence-corrected chi connectivity index (χ3v) is 10.2. The number of carbonyl (C=O) groups excluding carboxylic acids is 1. The molecular weight excluding hydrogens is 653 g/mol. The quantitative estimate of drug-likeness (QED) is 0.140. The molecule has 1 aliphatic rings. The summed E-state index contributed by atoms with van der Waals surface area (Å²) < 4.78 is 53.1. The first-order valence-electron chi connectivity index (χ1n) is 13.7. The maximum absolute atomic E-state index is 14.9. The van der Waals surface area contributed by atoms with Crippen LogP contribution in [0.2, 0.25) is 5.02 Å². The van der Waals surface area contributed by atoms with E-state index in [4.69, 9.17) is 26.2 Å². The smallest absolute Gasteiger partial charge is 0.352 e. The van der Waals surface area contributed by atoms with E-state index in [1.54, 1.807) is 20.8 Å². The number of piperidine rings is 1. The number of benzene rings is 2. The topological polar surface area (TPSA) is 165 Å². The zero-order valence-electron chi connectivity index (χ0n) is 24.5. The van der Waals surface area contributed by atoms with Crippen LogP contribution in [-0.2, 0) is 25.3 Å². The van der Waals surface area contributed by atoms with E-state index in [0.717, 1.165) is 11.3 Å². The largest absolute Gasteiger partial charge is 0.479 e. The molecule has 2 aromatic carbocycles. The van der Waals surface area contributed by atoms with Gasteiger partial charge in [0.2, 0.25) is 10.0 Å². The third-order valence-electron chi connectivity index (χ3n) is 6.64. The van der Waals surface area contributed by atoms with E-state index in [2.05, 4.69) is 5.32 Å². The number of carboxylic acids is 1. The van der Waals surface area contributed by atoms with Gasteiger partial charge >= 0.3 is 11.9 Å². The first-order valence-corrected chi connectivity index (χ1v) is 16.5. The summed E-state index contributed by atoms with van der Waals surface area (Å²) in [5, 5.41) is 23.2. The maximum Gasteiger partial charge on any atom is 0.352 e. The van der Waals surface area contributed by atoms with Gasteiger partial charge in [-0.05, 0) is 56.9 Å². The van der Waals surface area contributed by atoms with Crippen molar-refractivity contribution in [2.75, 3.05) is 25.0 Å². The number of nitrogens with one attached hydrogen (secondary N) is 1. The lowest BCUT2D eigenvalue weighted by atomic mass is 10.1. The van der Waals surface area contributed by atoms with Gasteiger partial charge < -0.3 is 19.9 Å². The molecule has 4 rings (SSSR count). The van der Waals surface area contributed by atoms with Crippen molar-refractivity contribution in [3.05, 3.63) is 73.9 Å². The van der Waals surface area contributed by atoms with Crippen molar-refractivity contribution in [1.82, 2.24) is 4.31 Å². The average molecular weight is 684 g/mol. The number of ether oxygens (including phenoxy) is 2. The highest BCUT2D eigenvalue weighted by Gasteiger charge is 2.31. The van der Waals surface area contributed by atoms with E-state index in [1.807, 2.05) is 0 Å². The van der Waals surface area contributed by atoms with Crippen LogP contribution >= 0.6 is 22.9 Å². The number of nitrogens with zero attached hydrogens (tertiary/aromatic N) is 2. The van der Waals surface area contributed by atoms with Gasteiger partial charge in [0.05, 0.1) is 21.2 Å². The molecule has 0 bridgehead atoms. The molecule has 1 saturated heterocycles. The second-order valence-electron chi connectivity index (χ2n) is 11.3. The average Bonchev–Trinajstić information content (AvgIpc) is 3.28. The molecule has 12 nitrogen and oxygen atoms in total. The summed E-state index contributed by atoms with van der Waals surface area (Å²) >= 11 is 7.48. The fraction of sp³-hybridized carbons (Fsp3) is 0.379. The van der Waals surface area contributed by atoms with Gasteiger partial charge in [-0.15, -0.1) is 11.3 Å². The highest BCUT2D eigenvalue weighted by molar-refractivity contribution is 7.88. The molecule has 1 fully saturated rings. The summed E-state index contributed by atoms with van der Waals surface area (Å²) in [6, 6.07) is 9.39. The van der Waals surface area contributed by atoms with Gasteiger partial charge in [0.1, 0.15) is 16.4 Å². The minimum absolute atomic E-state index is 0.0260. The monoisotopic (exact) mass is 683 g/mol. The van der Waals surface area contributed by atoms with Crippen LogP contribution in [0.5, 0.6) is 5.75 Å². The van der Waals surface area contributed by atoms with Crippen LogP contribution in [0.1, 0.15) is 48.8 Å². The van der Waals surface area contributed by atoms with Crippen LogP contribution in [0.4, 0.5) is 15.8 Å². The van der Waals surface area contributed by atoms with Crippen molar-refractivity contribution < 1.29 is 41.9 Å². The van der Waals surface area contributed by atoms with E-state index in [1.165, 1.54) is 46.8 Å². The zero-order valence-corrected chi connectivity index (χ0v) is 26.9. The number of nitro groups is 1. The molecule has 1 aromatic heterocycles. The maximum atomic E-state index is 14.9. The SMILES string of the molecule is CC(C)(C)OC(=O)c1sc(-c2ccc(F)c(NC3CCN(S(=O)(=O)Cc4cccc([N+](=O)[O-])c4)CC3)c2)c(Cl)c1OCC(=O)O. The van der Waals surface area contributed by atoms with Gasteiger partial charge in [-0.25, -0.2) is 26.7 Å². The number of sulfonamides is 1. The summed E-state index contributed by atoms with van der Waals surface area (Å²) in [6.07, 6.45) is 0.737. The standard InChI is InChI=1S/C29H31ClFN3O9S2/c1-29(2,3)43-28(37)27-25(42-15-23(35)36)24(30)26(44-27)18-7-8-21(31)22(14-18)32-19-9-11-33(12-10-19)45(40,41)16-17-5-4-6-20(13-17)34(38)39/h4-8,13-14,19,32H,9-12,15-16H2,1-3H3,(H,35,36). The molecule has 0 saturated carbocycles. The van der Waals surface area contributed by atoms with Crippen LogP contribution in [0.15, 0.2) is 42.5 Å². The molecule has 0 unspecified atom stereocenters. The Morgan fingerprint density at radius 3 is 2.51 bits per heavy atom. The second-order valence-corrected chi connectivity index (χ2v) is 14.7. The first-order chi connectivity index (χ1) is 21.0. The number of rotatable bonds is 11. The van der Waals surface area contributed by atoms with Crippen molar-refractivity contribution in [2.24, 2.45) is 0 Å². The first kappa shape index (κ1) is 34.1. The number of halogens is 2. The fourth-order valence-electron chi connectivity index (χ4n) is 4.64. The number of hydrogen-bond donors (Lipinski definition) is 2. The lowest BCUT2D eigenvalue weighted by Crippen LogP contribution is -2.42. The molecule has 0 radical (unpaired) electrons. The zero-order chi connectivity index (χ0) is 33.1. The Bertz CT molecular complexity index is 1720. The number of nitro benzene ring substituents is 1. The lowest BCUT2D eigenvalue weighted by Gasteiger charge is -2.32. The van der Waals surface area contributed by atoms with E-state index < -0.39 is 44.9 Å². The molecule has 1 aliphatic heterocycles. The molecule has 2 N–H and O–H groups in total. The Morgan fingerprint density at radius 2 is 1.89 bits per heavy atom. The summed E-state index contributed by atoms with van der Waals surface area (Å²) in [5.74, 6) is -3.12. The third kappa shape index (κ3) is 8.69. The molecule has 16 heteroatoms. The Balaban J connectivity index is 1.49. The van der Waals surface area contributed by atoms with Crippen molar-refractivity contribution in [1.29, 1.82) is 0 Å². The van der Waals surface area contributed by atoms with Gasteiger partial charge in [0, 0.05) is 31.3 Å².